The molecule has 0 radical (unpaired) electrons. The summed E-state index contributed by atoms with van der Waals surface area (Å²) in [5.74, 6) is -0.620. The van der Waals surface area contributed by atoms with E-state index in [4.69, 9.17) is 5.11 Å². The molecule has 48 valence electrons. The molecule has 0 aliphatic carbocycles. The number of hydrogen-bond acceptors (Lipinski definition) is 3. The van der Waals surface area contributed by atoms with E-state index < -0.39 is 12.6 Å². The fraction of sp³-hybridized carbons (Fsp3) is 0.400. The van der Waals surface area contributed by atoms with Crippen LogP contribution < -0.4 is 29.6 Å². The molecule has 4 heteroatoms. The van der Waals surface area contributed by atoms with Crippen molar-refractivity contribution in [3.8, 4) is 0 Å². The summed E-state index contributed by atoms with van der Waals surface area (Å²) < 4.78 is 4.33. The van der Waals surface area contributed by atoms with Crippen LogP contribution in [0.5, 0.6) is 0 Å². The molecule has 1 N–H and O–H groups in total. The maximum Gasteiger partial charge on any atom is 1.00 e. The van der Waals surface area contributed by atoms with Crippen LogP contribution in [0, 0.1) is 0 Å². The zero-order valence-corrected chi connectivity index (χ0v) is 7.46. The van der Waals surface area contributed by atoms with Gasteiger partial charge in [0.05, 0.1) is 0 Å². The minimum atomic E-state index is -0.620. The molecule has 0 aromatic heterocycles. The molecule has 0 spiro atoms. The second kappa shape index (κ2) is 8.17. The van der Waals surface area contributed by atoms with Crippen LogP contribution in [0.15, 0.2) is 12.7 Å². The van der Waals surface area contributed by atoms with Gasteiger partial charge < -0.3 is 11.3 Å². The summed E-state index contributed by atoms with van der Waals surface area (Å²) in [5, 5.41) is 8.05. The Kier molecular flexibility index (Phi) is 10.8. The van der Waals surface area contributed by atoms with Gasteiger partial charge in [-0.1, -0.05) is 12.7 Å². The van der Waals surface area contributed by atoms with Gasteiger partial charge in [0.15, 0.2) is 0 Å². The van der Waals surface area contributed by atoms with E-state index in [2.05, 4.69) is 11.3 Å². The summed E-state index contributed by atoms with van der Waals surface area (Å²) in [4.78, 5) is 10.1. The van der Waals surface area contributed by atoms with Gasteiger partial charge in [0.25, 0.3) is 0 Å². The Bertz CT molecular complexity index is 96.9. The van der Waals surface area contributed by atoms with Gasteiger partial charge in [-0.3, -0.25) is 0 Å². The van der Waals surface area contributed by atoms with Gasteiger partial charge in [-0.15, -0.1) is 0 Å². The quantitative estimate of drug-likeness (QED) is 0.255. The van der Waals surface area contributed by atoms with Crippen LogP contribution >= 0.6 is 0 Å². The van der Waals surface area contributed by atoms with Crippen molar-refractivity contribution in [2.75, 3.05) is 13.2 Å². The molecular weight excluding hydrogens is 131 g/mol. The Labute approximate surface area is 77.5 Å². The van der Waals surface area contributed by atoms with Gasteiger partial charge in [0, 0.05) is 0 Å². The third kappa shape index (κ3) is 8.17. The van der Waals surface area contributed by atoms with Crippen LogP contribution in [0.25, 0.3) is 0 Å². The molecular formula is C5H9NaO3. The smallest absolute Gasteiger partial charge is 1.00 e. The first kappa shape index (κ1) is 11.9. The fourth-order valence-corrected chi connectivity index (χ4v) is 0.198. The maximum absolute atomic E-state index is 10.1. The van der Waals surface area contributed by atoms with E-state index in [9.17, 15) is 4.79 Å². The maximum atomic E-state index is 10.1. The Morgan fingerprint density at radius 2 is 2.44 bits per heavy atom. The zero-order chi connectivity index (χ0) is 6.41. The van der Waals surface area contributed by atoms with Crippen molar-refractivity contribution in [2.45, 2.75) is 0 Å². The number of carbonyl (C=O) groups excluding carboxylic acids is 1. The average Bonchev–Trinajstić information content (AvgIpc) is 1.83. The van der Waals surface area contributed by atoms with E-state index in [0.29, 0.717) is 0 Å². The van der Waals surface area contributed by atoms with E-state index in [-0.39, 0.29) is 37.6 Å². The Morgan fingerprint density at radius 3 is 2.78 bits per heavy atom. The van der Waals surface area contributed by atoms with Crippen LogP contribution in [-0.4, -0.2) is 24.3 Å². The monoisotopic (exact) mass is 140 g/mol. The fourth-order valence-electron chi connectivity index (χ4n) is 0.198. The molecule has 0 bridgehead atoms. The molecule has 0 aliphatic heterocycles. The molecule has 0 fully saturated rings. The second-order valence-corrected chi connectivity index (χ2v) is 1.13. The predicted octanol–water partition coefficient (Wildman–Crippen LogP) is -3.18. The number of hydrogen-bond donors (Lipinski definition) is 1. The van der Waals surface area contributed by atoms with Gasteiger partial charge in [-0.05, 0) is 0 Å². The van der Waals surface area contributed by atoms with Gasteiger partial charge in [0.2, 0.25) is 0 Å². The van der Waals surface area contributed by atoms with E-state index >= 15 is 0 Å². The van der Waals surface area contributed by atoms with E-state index in [1.807, 2.05) is 0 Å². The first-order valence-corrected chi connectivity index (χ1v) is 2.18. The summed E-state index contributed by atoms with van der Waals surface area (Å²) >= 11 is 0. The Balaban J connectivity index is -0.000000245. The molecule has 0 aromatic rings. The molecule has 0 aromatic carbocycles. The molecule has 0 rings (SSSR count). The van der Waals surface area contributed by atoms with Gasteiger partial charge in [-0.25, -0.2) is 4.79 Å². The predicted molar refractivity (Wildman–Crippen MR) is 29.4 cm³/mol. The molecule has 9 heavy (non-hydrogen) atoms. The summed E-state index contributed by atoms with van der Waals surface area (Å²) in [6, 6.07) is 0. The SMILES string of the molecule is C=CCOC(=O)CO.[H-].[Na+]. The van der Waals surface area contributed by atoms with Gasteiger partial charge in [0.1, 0.15) is 13.2 Å². The molecule has 0 saturated carbocycles. The number of rotatable bonds is 3. The Hall–Kier alpha value is 0.170. The number of aliphatic hydroxyl groups excluding tert-OH is 1. The van der Waals surface area contributed by atoms with Crippen molar-refractivity contribution in [2.24, 2.45) is 0 Å². The van der Waals surface area contributed by atoms with Gasteiger partial charge in [-0.2, -0.15) is 0 Å². The van der Waals surface area contributed by atoms with Crippen LogP contribution in [0.1, 0.15) is 1.43 Å². The van der Waals surface area contributed by atoms with Crippen molar-refractivity contribution >= 4 is 5.97 Å². The summed E-state index contributed by atoms with van der Waals surface area (Å²) in [7, 11) is 0. The number of aliphatic hydroxyl groups is 1. The zero-order valence-electron chi connectivity index (χ0n) is 6.46. The van der Waals surface area contributed by atoms with Crippen molar-refractivity contribution in [1.82, 2.24) is 0 Å². The summed E-state index contributed by atoms with van der Waals surface area (Å²) in [6.07, 6.45) is 1.44. The number of carbonyl (C=O) groups is 1. The van der Waals surface area contributed by atoms with Gasteiger partial charge >= 0.3 is 35.5 Å². The van der Waals surface area contributed by atoms with Crippen LogP contribution in [-0.2, 0) is 9.53 Å². The third-order valence-electron chi connectivity index (χ3n) is 0.491. The minimum absolute atomic E-state index is 0. The first-order valence-electron chi connectivity index (χ1n) is 2.18. The van der Waals surface area contributed by atoms with Crippen LogP contribution in [0.2, 0.25) is 0 Å². The van der Waals surface area contributed by atoms with Crippen LogP contribution in [0.3, 0.4) is 0 Å². The minimum Gasteiger partial charge on any atom is -1.00 e. The summed E-state index contributed by atoms with van der Waals surface area (Å²) in [6.45, 7) is 2.91. The Morgan fingerprint density at radius 1 is 1.89 bits per heavy atom. The first-order chi connectivity index (χ1) is 3.81. The number of ether oxygens (including phenoxy) is 1. The third-order valence-corrected chi connectivity index (χ3v) is 0.491. The van der Waals surface area contributed by atoms with E-state index in [1.165, 1.54) is 6.08 Å². The van der Waals surface area contributed by atoms with E-state index in [1.54, 1.807) is 0 Å². The molecule has 0 atom stereocenters. The normalized spacial score (nSPS) is 7.22. The largest absolute Gasteiger partial charge is 1.00 e. The summed E-state index contributed by atoms with van der Waals surface area (Å²) in [5.41, 5.74) is 0. The number of esters is 1. The second-order valence-electron chi connectivity index (χ2n) is 1.13. The molecule has 0 aliphatic rings. The molecule has 3 nitrogen and oxygen atoms in total. The van der Waals surface area contributed by atoms with Crippen molar-refractivity contribution in [3.63, 3.8) is 0 Å². The van der Waals surface area contributed by atoms with Crippen molar-refractivity contribution in [3.05, 3.63) is 12.7 Å². The van der Waals surface area contributed by atoms with Crippen molar-refractivity contribution in [1.29, 1.82) is 0 Å². The molecule has 0 unspecified atom stereocenters. The standard InChI is InChI=1S/C5H8O3.Na.H/c1-2-3-8-5(7)4-6;;/h2,6H,1,3-4H2;;/q;+1;-1. The van der Waals surface area contributed by atoms with Crippen LogP contribution in [0.4, 0.5) is 0 Å². The molecule has 0 amide bonds. The molecule has 0 heterocycles. The van der Waals surface area contributed by atoms with Crippen molar-refractivity contribution < 1.29 is 45.6 Å². The average molecular weight is 140 g/mol. The molecule has 0 saturated heterocycles. The topological polar surface area (TPSA) is 46.5 Å². The van der Waals surface area contributed by atoms with E-state index in [0.717, 1.165) is 0 Å².